The molecule has 0 unspecified atom stereocenters. The fraction of sp³-hybridized carbons (Fsp3) is 0.562. The third kappa shape index (κ3) is 2.55. The smallest absolute Gasteiger partial charge is 0.272 e. The van der Waals surface area contributed by atoms with E-state index in [0.717, 1.165) is 36.1 Å². The molecule has 2 heterocycles. The quantitative estimate of drug-likeness (QED) is 0.780. The summed E-state index contributed by atoms with van der Waals surface area (Å²) in [5.41, 5.74) is 3.64. The zero-order valence-corrected chi connectivity index (χ0v) is 13.1. The lowest BCUT2D eigenvalue weighted by molar-refractivity contribution is 0.0234. The summed E-state index contributed by atoms with van der Waals surface area (Å²) in [4.78, 5) is 12.7. The average Bonchev–Trinajstić information content (AvgIpc) is 3.17. The normalized spacial score (nSPS) is 24.1. The van der Waals surface area contributed by atoms with Gasteiger partial charge in [-0.2, -0.15) is 10.2 Å². The van der Waals surface area contributed by atoms with Gasteiger partial charge in [0, 0.05) is 30.1 Å². The summed E-state index contributed by atoms with van der Waals surface area (Å²) in [6, 6.07) is -0.131. The minimum Gasteiger partial charge on any atom is -0.393 e. The molecule has 2 aliphatic carbocycles. The Morgan fingerprint density at radius 1 is 1.48 bits per heavy atom. The van der Waals surface area contributed by atoms with E-state index >= 15 is 0 Å². The number of aliphatic hydroxyl groups excluding tert-OH is 1. The standard InChI is InChI=1S/C16H21N5O2/c1-21-8-10(7-17-21)14(9-5-11(22)6-9)18-16(23)15-12-3-2-4-13(12)19-20-15/h7-9,11,14,22H,2-6H2,1H3,(H,18,23)(H,19,20)/t9?,11?,14-/m1/s1. The van der Waals surface area contributed by atoms with E-state index in [2.05, 4.69) is 20.6 Å². The Hall–Kier alpha value is -2.15. The molecule has 2 aliphatic rings. The Balaban J connectivity index is 1.56. The van der Waals surface area contributed by atoms with E-state index in [1.54, 1.807) is 10.9 Å². The summed E-state index contributed by atoms with van der Waals surface area (Å²) >= 11 is 0. The van der Waals surface area contributed by atoms with Crippen molar-refractivity contribution < 1.29 is 9.90 Å². The first-order valence-corrected chi connectivity index (χ1v) is 8.15. The number of aliphatic hydroxyl groups is 1. The second kappa shape index (κ2) is 5.49. The van der Waals surface area contributed by atoms with Gasteiger partial charge in [0.15, 0.2) is 5.69 Å². The second-order valence-electron chi connectivity index (χ2n) is 6.67. The molecule has 1 saturated carbocycles. The van der Waals surface area contributed by atoms with Gasteiger partial charge in [0.2, 0.25) is 0 Å². The van der Waals surface area contributed by atoms with Crippen molar-refractivity contribution in [3.8, 4) is 0 Å². The number of aromatic nitrogens is 4. The molecule has 0 spiro atoms. The largest absolute Gasteiger partial charge is 0.393 e. The van der Waals surface area contributed by atoms with Gasteiger partial charge in [-0.3, -0.25) is 14.6 Å². The summed E-state index contributed by atoms with van der Waals surface area (Å²) in [7, 11) is 1.86. The molecule has 2 aromatic rings. The number of aryl methyl sites for hydroxylation is 2. The van der Waals surface area contributed by atoms with Crippen molar-refractivity contribution in [1.29, 1.82) is 0 Å². The van der Waals surface area contributed by atoms with Crippen LogP contribution < -0.4 is 5.32 Å². The molecule has 2 aromatic heterocycles. The van der Waals surface area contributed by atoms with Crippen molar-refractivity contribution in [2.45, 2.75) is 44.2 Å². The first-order chi connectivity index (χ1) is 11.1. The maximum atomic E-state index is 12.7. The van der Waals surface area contributed by atoms with Crippen LogP contribution in [0, 0.1) is 5.92 Å². The number of carbonyl (C=O) groups is 1. The molecule has 3 N–H and O–H groups in total. The van der Waals surface area contributed by atoms with E-state index in [4.69, 9.17) is 0 Å². The second-order valence-corrected chi connectivity index (χ2v) is 6.67. The Labute approximate surface area is 134 Å². The highest BCUT2D eigenvalue weighted by Gasteiger charge is 2.37. The molecule has 23 heavy (non-hydrogen) atoms. The fourth-order valence-electron chi connectivity index (χ4n) is 3.69. The predicted octanol–water partition coefficient (Wildman–Crippen LogP) is 0.874. The summed E-state index contributed by atoms with van der Waals surface area (Å²) in [6.45, 7) is 0. The van der Waals surface area contributed by atoms with Crippen LogP contribution in [0.5, 0.6) is 0 Å². The first kappa shape index (κ1) is 14.4. The molecular formula is C16H21N5O2. The Bertz CT molecular complexity index is 729. The Kier molecular flexibility index (Phi) is 3.45. The van der Waals surface area contributed by atoms with E-state index in [1.807, 2.05) is 13.2 Å². The van der Waals surface area contributed by atoms with Gasteiger partial charge in [-0.25, -0.2) is 0 Å². The highest BCUT2D eigenvalue weighted by atomic mass is 16.3. The molecule has 0 bridgehead atoms. The van der Waals surface area contributed by atoms with Crippen LogP contribution in [0.25, 0.3) is 0 Å². The number of H-pyrrole nitrogens is 1. The lowest BCUT2D eigenvalue weighted by Crippen LogP contribution is -2.41. The van der Waals surface area contributed by atoms with Crippen molar-refractivity contribution in [3.05, 3.63) is 34.9 Å². The number of rotatable bonds is 4. The van der Waals surface area contributed by atoms with Crippen molar-refractivity contribution in [2.24, 2.45) is 13.0 Å². The van der Waals surface area contributed by atoms with E-state index < -0.39 is 0 Å². The van der Waals surface area contributed by atoms with Crippen LogP contribution in [0.3, 0.4) is 0 Å². The van der Waals surface area contributed by atoms with Gasteiger partial charge in [-0.15, -0.1) is 0 Å². The third-order valence-electron chi connectivity index (χ3n) is 5.01. The maximum Gasteiger partial charge on any atom is 0.272 e. The number of amides is 1. The molecule has 7 heteroatoms. The zero-order chi connectivity index (χ0) is 16.0. The van der Waals surface area contributed by atoms with Gasteiger partial charge in [0.1, 0.15) is 0 Å². The minimum atomic E-state index is -0.259. The first-order valence-electron chi connectivity index (χ1n) is 8.15. The van der Waals surface area contributed by atoms with E-state index in [9.17, 15) is 9.90 Å². The molecule has 0 saturated heterocycles. The number of hydrogen-bond donors (Lipinski definition) is 3. The van der Waals surface area contributed by atoms with Gasteiger partial charge in [-0.1, -0.05) is 0 Å². The lowest BCUT2D eigenvalue weighted by atomic mass is 9.75. The Morgan fingerprint density at radius 3 is 3.00 bits per heavy atom. The van der Waals surface area contributed by atoms with Gasteiger partial charge >= 0.3 is 0 Å². The number of nitrogens with zero attached hydrogens (tertiary/aromatic N) is 3. The average molecular weight is 315 g/mol. The minimum absolute atomic E-state index is 0.131. The predicted molar refractivity (Wildman–Crippen MR) is 82.8 cm³/mol. The molecule has 122 valence electrons. The van der Waals surface area contributed by atoms with Gasteiger partial charge < -0.3 is 10.4 Å². The molecule has 0 aliphatic heterocycles. The van der Waals surface area contributed by atoms with Crippen LogP contribution >= 0.6 is 0 Å². The maximum absolute atomic E-state index is 12.7. The van der Waals surface area contributed by atoms with E-state index in [1.165, 1.54) is 0 Å². The molecule has 0 aromatic carbocycles. The van der Waals surface area contributed by atoms with Crippen LogP contribution in [0.1, 0.15) is 52.6 Å². The molecule has 0 radical (unpaired) electrons. The number of carbonyl (C=O) groups excluding carboxylic acids is 1. The van der Waals surface area contributed by atoms with Crippen LogP contribution in [0.2, 0.25) is 0 Å². The van der Waals surface area contributed by atoms with E-state index in [-0.39, 0.29) is 24.0 Å². The van der Waals surface area contributed by atoms with Gasteiger partial charge in [0.25, 0.3) is 5.91 Å². The summed E-state index contributed by atoms with van der Waals surface area (Å²) in [5, 5.41) is 24.1. The molecule has 1 atom stereocenters. The van der Waals surface area contributed by atoms with Crippen LogP contribution in [0.15, 0.2) is 12.4 Å². The van der Waals surface area contributed by atoms with Crippen LogP contribution in [-0.2, 0) is 19.9 Å². The topological polar surface area (TPSA) is 95.8 Å². The van der Waals surface area contributed by atoms with Gasteiger partial charge in [0.05, 0.1) is 18.3 Å². The number of hydrogen-bond acceptors (Lipinski definition) is 4. The van der Waals surface area contributed by atoms with E-state index in [0.29, 0.717) is 18.5 Å². The third-order valence-corrected chi connectivity index (χ3v) is 5.01. The number of nitrogens with one attached hydrogen (secondary N) is 2. The van der Waals surface area contributed by atoms with Crippen molar-refractivity contribution in [2.75, 3.05) is 0 Å². The highest BCUT2D eigenvalue weighted by Crippen LogP contribution is 2.38. The van der Waals surface area contributed by atoms with Crippen LogP contribution in [-0.4, -0.2) is 37.1 Å². The van der Waals surface area contributed by atoms with Gasteiger partial charge in [-0.05, 0) is 38.0 Å². The lowest BCUT2D eigenvalue weighted by Gasteiger charge is -2.37. The molecule has 1 amide bonds. The monoisotopic (exact) mass is 315 g/mol. The SMILES string of the molecule is Cn1cc([C@H](NC(=O)c2n[nH]c3c2CCC3)C2CC(O)C2)cn1. The molecule has 7 nitrogen and oxygen atoms in total. The van der Waals surface area contributed by atoms with Crippen molar-refractivity contribution in [1.82, 2.24) is 25.3 Å². The van der Waals surface area contributed by atoms with Crippen molar-refractivity contribution in [3.63, 3.8) is 0 Å². The molecule has 4 rings (SSSR count). The van der Waals surface area contributed by atoms with Crippen molar-refractivity contribution >= 4 is 5.91 Å². The fourth-order valence-corrected chi connectivity index (χ4v) is 3.69. The number of aromatic amines is 1. The highest BCUT2D eigenvalue weighted by molar-refractivity contribution is 5.94. The molecule has 1 fully saturated rings. The molecular weight excluding hydrogens is 294 g/mol. The number of fused-ring (bicyclic) bond motifs is 1. The van der Waals surface area contributed by atoms with Crippen LogP contribution in [0.4, 0.5) is 0 Å². The Morgan fingerprint density at radius 2 is 2.30 bits per heavy atom. The summed E-state index contributed by atoms with van der Waals surface area (Å²) < 4.78 is 1.73. The summed E-state index contributed by atoms with van der Waals surface area (Å²) in [5.74, 6) is 0.102. The zero-order valence-electron chi connectivity index (χ0n) is 13.1. The summed E-state index contributed by atoms with van der Waals surface area (Å²) in [6.07, 6.45) is 7.81.